The molecule has 0 aromatic carbocycles. The zero-order valence-corrected chi connectivity index (χ0v) is 9.79. The van der Waals surface area contributed by atoms with Crippen molar-refractivity contribution in [2.75, 3.05) is 20.1 Å². The van der Waals surface area contributed by atoms with E-state index in [-0.39, 0.29) is 0 Å². The summed E-state index contributed by atoms with van der Waals surface area (Å²) in [5.41, 5.74) is 0. The van der Waals surface area contributed by atoms with Gasteiger partial charge in [0.1, 0.15) is 0 Å². The molecule has 2 heteroatoms. The highest BCUT2D eigenvalue weighted by molar-refractivity contribution is 4.93. The average molecular weight is 196 g/mol. The number of nitrogens with zero attached hydrogens (tertiary/aromatic N) is 1. The number of nitrogens with one attached hydrogen (secondary N) is 1. The number of piperidine rings is 1. The molecule has 2 aliphatic rings. The van der Waals surface area contributed by atoms with E-state index in [9.17, 15) is 0 Å². The molecule has 4 unspecified atom stereocenters. The summed E-state index contributed by atoms with van der Waals surface area (Å²) < 4.78 is 0. The van der Waals surface area contributed by atoms with Crippen LogP contribution in [0.5, 0.6) is 0 Å². The summed E-state index contributed by atoms with van der Waals surface area (Å²) in [4.78, 5) is 2.72. The summed E-state index contributed by atoms with van der Waals surface area (Å²) in [5.74, 6) is 1.88. The van der Waals surface area contributed by atoms with Gasteiger partial charge in [-0.1, -0.05) is 13.8 Å². The normalized spacial score (nSPS) is 44.8. The van der Waals surface area contributed by atoms with Crippen LogP contribution in [0.4, 0.5) is 0 Å². The first-order valence-electron chi connectivity index (χ1n) is 6.13. The lowest BCUT2D eigenvalue weighted by Crippen LogP contribution is -2.56. The molecule has 1 aliphatic carbocycles. The Morgan fingerprint density at radius 3 is 2.64 bits per heavy atom. The van der Waals surface area contributed by atoms with E-state index in [1.807, 2.05) is 0 Å². The Bertz CT molecular complexity index is 193. The Labute approximate surface area is 88.1 Å². The van der Waals surface area contributed by atoms with Crippen LogP contribution >= 0.6 is 0 Å². The summed E-state index contributed by atoms with van der Waals surface area (Å²) >= 11 is 0. The third-order valence-electron chi connectivity index (χ3n) is 4.45. The SMILES string of the molecule is CNC1CCCN(C2CC(C)C2C)C1. The molecule has 2 nitrogen and oxygen atoms in total. The van der Waals surface area contributed by atoms with E-state index in [1.165, 1.54) is 32.4 Å². The minimum absolute atomic E-state index is 0.742. The lowest BCUT2D eigenvalue weighted by atomic mass is 9.70. The molecule has 1 N–H and O–H groups in total. The first-order chi connectivity index (χ1) is 6.72. The Morgan fingerprint density at radius 2 is 2.07 bits per heavy atom. The molecule has 14 heavy (non-hydrogen) atoms. The van der Waals surface area contributed by atoms with Crippen LogP contribution in [0.2, 0.25) is 0 Å². The Kier molecular flexibility index (Phi) is 3.13. The fourth-order valence-electron chi connectivity index (χ4n) is 3.02. The van der Waals surface area contributed by atoms with Crippen molar-refractivity contribution in [1.82, 2.24) is 10.2 Å². The maximum atomic E-state index is 3.42. The third-order valence-corrected chi connectivity index (χ3v) is 4.45. The zero-order chi connectivity index (χ0) is 10.1. The predicted molar refractivity (Wildman–Crippen MR) is 60.4 cm³/mol. The fourth-order valence-corrected chi connectivity index (χ4v) is 3.02. The van der Waals surface area contributed by atoms with Gasteiger partial charge in [-0.15, -0.1) is 0 Å². The van der Waals surface area contributed by atoms with Crippen molar-refractivity contribution in [3.05, 3.63) is 0 Å². The van der Waals surface area contributed by atoms with Gasteiger partial charge >= 0.3 is 0 Å². The Balaban J connectivity index is 1.86. The molecule has 2 rings (SSSR count). The predicted octanol–water partition coefficient (Wildman–Crippen LogP) is 1.71. The number of likely N-dealkylation sites (N-methyl/N-ethyl adjacent to an activating group) is 1. The van der Waals surface area contributed by atoms with E-state index in [1.54, 1.807) is 0 Å². The molecule has 0 spiro atoms. The van der Waals surface area contributed by atoms with Crippen LogP contribution in [-0.4, -0.2) is 37.1 Å². The van der Waals surface area contributed by atoms with E-state index in [0.29, 0.717) is 0 Å². The maximum absolute atomic E-state index is 3.42. The smallest absolute Gasteiger partial charge is 0.0192 e. The maximum Gasteiger partial charge on any atom is 0.0192 e. The van der Waals surface area contributed by atoms with Crippen molar-refractivity contribution in [3.63, 3.8) is 0 Å². The fraction of sp³-hybridized carbons (Fsp3) is 1.00. The summed E-state index contributed by atoms with van der Waals surface area (Å²) in [5, 5.41) is 3.42. The van der Waals surface area contributed by atoms with Gasteiger partial charge in [-0.25, -0.2) is 0 Å². The monoisotopic (exact) mass is 196 g/mol. The molecule has 0 bridgehead atoms. The van der Waals surface area contributed by atoms with Crippen molar-refractivity contribution < 1.29 is 0 Å². The van der Waals surface area contributed by atoms with Crippen LogP contribution in [0.25, 0.3) is 0 Å². The summed E-state index contributed by atoms with van der Waals surface area (Å²) in [6.07, 6.45) is 4.17. The Hall–Kier alpha value is -0.0800. The number of hydrogen-bond acceptors (Lipinski definition) is 2. The summed E-state index contributed by atoms with van der Waals surface area (Å²) in [6.45, 7) is 7.42. The molecule has 0 radical (unpaired) electrons. The molecule has 1 saturated carbocycles. The molecule has 1 saturated heterocycles. The van der Waals surface area contributed by atoms with Gasteiger partial charge in [0.15, 0.2) is 0 Å². The van der Waals surface area contributed by atoms with Gasteiger partial charge in [-0.2, -0.15) is 0 Å². The van der Waals surface area contributed by atoms with Crippen molar-refractivity contribution in [3.8, 4) is 0 Å². The highest BCUT2D eigenvalue weighted by atomic mass is 15.2. The van der Waals surface area contributed by atoms with Crippen molar-refractivity contribution in [1.29, 1.82) is 0 Å². The van der Waals surface area contributed by atoms with Gasteiger partial charge in [-0.05, 0) is 44.7 Å². The molecule has 1 aliphatic heterocycles. The van der Waals surface area contributed by atoms with Gasteiger partial charge < -0.3 is 5.32 Å². The lowest BCUT2D eigenvalue weighted by molar-refractivity contribution is 0.00431. The summed E-state index contributed by atoms with van der Waals surface area (Å²) in [7, 11) is 2.10. The molecule has 82 valence electrons. The quantitative estimate of drug-likeness (QED) is 0.723. The van der Waals surface area contributed by atoms with Crippen molar-refractivity contribution in [2.45, 2.75) is 45.2 Å². The molecular formula is C12H24N2. The molecule has 4 atom stereocenters. The van der Waals surface area contributed by atoms with E-state index in [4.69, 9.17) is 0 Å². The third kappa shape index (κ3) is 1.82. The molecule has 2 fully saturated rings. The molecule has 0 aromatic rings. The highest BCUT2D eigenvalue weighted by Crippen LogP contribution is 2.38. The minimum Gasteiger partial charge on any atom is -0.316 e. The second-order valence-corrected chi connectivity index (χ2v) is 5.26. The molecule has 1 heterocycles. The highest BCUT2D eigenvalue weighted by Gasteiger charge is 2.39. The average Bonchev–Trinajstić information content (AvgIpc) is 2.25. The number of likely N-dealkylation sites (tertiary alicyclic amines) is 1. The second-order valence-electron chi connectivity index (χ2n) is 5.26. The molecule has 0 aromatic heterocycles. The standard InChI is InChI=1S/C12H24N2/c1-9-7-12(10(9)2)14-6-4-5-11(8-14)13-3/h9-13H,4-8H2,1-3H3. The van der Waals surface area contributed by atoms with Crippen LogP contribution in [0.1, 0.15) is 33.1 Å². The lowest BCUT2D eigenvalue weighted by Gasteiger charge is -2.50. The van der Waals surface area contributed by atoms with Gasteiger partial charge in [0, 0.05) is 18.6 Å². The van der Waals surface area contributed by atoms with Crippen LogP contribution < -0.4 is 5.32 Å². The topological polar surface area (TPSA) is 15.3 Å². The van der Waals surface area contributed by atoms with Gasteiger partial charge in [-0.3, -0.25) is 4.90 Å². The number of rotatable bonds is 2. The first-order valence-corrected chi connectivity index (χ1v) is 6.13. The van der Waals surface area contributed by atoms with Crippen LogP contribution in [0, 0.1) is 11.8 Å². The van der Waals surface area contributed by atoms with Gasteiger partial charge in [0.2, 0.25) is 0 Å². The molecular weight excluding hydrogens is 172 g/mol. The van der Waals surface area contributed by atoms with Crippen LogP contribution in [-0.2, 0) is 0 Å². The van der Waals surface area contributed by atoms with Crippen molar-refractivity contribution in [2.24, 2.45) is 11.8 Å². The van der Waals surface area contributed by atoms with Crippen LogP contribution in [0.3, 0.4) is 0 Å². The van der Waals surface area contributed by atoms with E-state index < -0.39 is 0 Å². The second kappa shape index (κ2) is 4.19. The first kappa shape index (κ1) is 10.4. The zero-order valence-electron chi connectivity index (χ0n) is 9.79. The minimum atomic E-state index is 0.742. The van der Waals surface area contributed by atoms with Crippen molar-refractivity contribution >= 4 is 0 Å². The Morgan fingerprint density at radius 1 is 1.29 bits per heavy atom. The van der Waals surface area contributed by atoms with E-state index in [0.717, 1.165) is 23.9 Å². The van der Waals surface area contributed by atoms with E-state index >= 15 is 0 Å². The number of hydrogen-bond donors (Lipinski definition) is 1. The molecule has 0 amide bonds. The van der Waals surface area contributed by atoms with Gasteiger partial charge in [0.05, 0.1) is 0 Å². The van der Waals surface area contributed by atoms with Crippen LogP contribution in [0.15, 0.2) is 0 Å². The largest absolute Gasteiger partial charge is 0.316 e. The van der Waals surface area contributed by atoms with Gasteiger partial charge in [0.25, 0.3) is 0 Å². The van der Waals surface area contributed by atoms with E-state index in [2.05, 4.69) is 31.1 Å². The summed E-state index contributed by atoms with van der Waals surface area (Å²) in [6, 6.07) is 1.63.